The van der Waals surface area contributed by atoms with Crippen LogP contribution in [0.4, 0.5) is 5.69 Å². The van der Waals surface area contributed by atoms with Crippen LogP contribution in [0.1, 0.15) is 44.1 Å². The fourth-order valence-corrected chi connectivity index (χ4v) is 5.01. The van der Waals surface area contributed by atoms with Gasteiger partial charge in [0.2, 0.25) is 10.0 Å². The third kappa shape index (κ3) is 8.42. The number of piperidine rings is 1. The van der Waals surface area contributed by atoms with Crippen LogP contribution in [0.2, 0.25) is 0 Å². The van der Waals surface area contributed by atoms with Crippen molar-refractivity contribution < 1.29 is 8.42 Å². The summed E-state index contributed by atoms with van der Waals surface area (Å²) in [4.78, 5) is 8.77. The molecule has 0 amide bonds. The maximum absolute atomic E-state index is 12.2. The molecular formula is C22H38IN5O2S. The lowest BCUT2D eigenvalue weighted by atomic mass is 9.86. The Kier molecular flexibility index (Phi) is 10.8. The molecule has 2 aliphatic rings. The van der Waals surface area contributed by atoms with E-state index in [9.17, 15) is 8.42 Å². The minimum absolute atomic E-state index is 0. The van der Waals surface area contributed by atoms with Gasteiger partial charge in [0.25, 0.3) is 0 Å². The summed E-state index contributed by atoms with van der Waals surface area (Å²) in [5.41, 5.74) is 2.50. The number of rotatable bonds is 9. The van der Waals surface area contributed by atoms with Crippen molar-refractivity contribution in [2.24, 2.45) is 10.9 Å². The molecule has 1 aliphatic carbocycles. The number of hydrogen-bond acceptors (Lipinski definition) is 4. The van der Waals surface area contributed by atoms with E-state index in [1.54, 1.807) is 7.05 Å². The highest BCUT2D eigenvalue weighted by molar-refractivity contribution is 14.0. The molecule has 1 aromatic rings. The van der Waals surface area contributed by atoms with E-state index in [0.717, 1.165) is 25.9 Å². The van der Waals surface area contributed by atoms with Gasteiger partial charge in [0, 0.05) is 52.5 Å². The Morgan fingerprint density at radius 2 is 1.81 bits per heavy atom. The topological polar surface area (TPSA) is 77.0 Å². The number of guanidine groups is 1. The zero-order valence-corrected chi connectivity index (χ0v) is 22.0. The van der Waals surface area contributed by atoms with E-state index < -0.39 is 10.0 Å². The van der Waals surface area contributed by atoms with Gasteiger partial charge >= 0.3 is 0 Å². The lowest BCUT2D eigenvalue weighted by Crippen LogP contribution is -2.42. The number of sulfonamides is 1. The molecule has 1 saturated carbocycles. The predicted molar refractivity (Wildman–Crippen MR) is 140 cm³/mol. The van der Waals surface area contributed by atoms with Gasteiger partial charge in [-0.2, -0.15) is 0 Å². The molecule has 31 heavy (non-hydrogen) atoms. The van der Waals surface area contributed by atoms with Crippen molar-refractivity contribution in [3.63, 3.8) is 0 Å². The Bertz CT molecular complexity index is 791. The van der Waals surface area contributed by atoms with Crippen molar-refractivity contribution in [3.05, 3.63) is 29.8 Å². The quantitative estimate of drug-likeness (QED) is 0.275. The predicted octanol–water partition coefficient (Wildman–Crippen LogP) is 3.02. The highest BCUT2D eigenvalue weighted by atomic mass is 127. The molecular weight excluding hydrogens is 525 g/mol. The van der Waals surface area contributed by atoms with E-state index in [-0.39, 0.29) is 29.7 Å². The summed E-state index contributed by atoms with van der Waals surface area (Å²) in [5, 5.41) is 3.17. The first-order valence-electron chi connectivity index (χ1n) is 11.2. The Hall–Kier alpha value is -1.07. The van der Waals surface area contributed by atoms with Gasteiger partial charge in [-0.3, -0.25) is 4.99 Å². The summed E-state index contributed by atoms with van der Waals surface area (Å²) in [6.45, 7) is 3.92. The van der Waals surface area contributed by atoms with Gasteiger partial charge in [0.05, 0.1) is 5.75 Å². The molecule has 9 heteroatoms. The highest BCUT2D eigenvalue weighted by Crippen LogP contribution is 2.25. The second-order valence-electron chi connectivity index (χ2n) is 8.51. The zero-order valence-electron chi connectivity index (χ0n) is 18.8. The Labute approximate surface area is 205 Å². The maximum Gasteiger partial charge on any atom is 0.213 e. The number of hydrogen-bond donors (Lipinski definition) is 2. The third-order valence-electron chi connectivity index (χ3n) is 6.12. The Morgan fingerprint density at radius 3 is 2.39 bits per heavy atom. The van der Waals surface area contributed by atoms with E-state index in [1.807, 2.05) is 11.9 Å². The smallest absolute Gasteiger partial charge is 0.213 e. The molecule has 0 atom stereocenters. The largest absolute Gasteiger partial charge is 0.372 e. The van der Waals surface area contributed by atoms with Crippen molar-refractivity contribution >= 4 is 45.6 Å². The van der Waals surface area contributed by atoms with Crippen LogP contribution in [0.25, 0.3) is 0 Å². The summed E-state index contributed by atoms with van der Waals surface area (Å²) >= 11 is 0. The first-order valence-corrected chi connectivity index (χ1v) is 12.8. The summed E-state index contributed by atoms with van der Waals surface area (Å²) in [5.74, 6) is 1.27. The maximum atomic E-state index is 12.2. The SMILES string of the molecule is CN=C(NCCS(=O)(=O)NCC1CCC1)N(C)Cc1ccc(N2CCCCC2)cc1.I. The van der Waals surface area contributed by atoms with Gasteiger partial charge < -0.3 is 15.1 Å². The van der Waals surface area contributed by atoms with Crippen LogP contribution in [-0.2, 0) is 16.6 Å². The lowest BCUT2D eigenvalue weighted by molar-refractivity contribution is 0.316. The minimum atomic E-state index is -3.25. The summed E-state index contributed by atoms with van der Waals surface area (Å²) in [6.07, 6.45) is 7.38. The number of halogens is 1. The van der Waals surface area contributed by atoms with Crippen LogP contribution >= 0.6 is 24.0 Å². The van der Waals surface area contributed by atoms with E-state index in [0.29, 0.717) is 31.5 Å². The number of nitrogens with zero attached hydrogens (tertiary/aromatic N) is 3. The standard InChI is InChI=1S/C22H37N5O2S.HI/c1-23-22(24-13-16-30(28,29)25-17-19-7-6-8-19)26(2)18-20-9-11-21(12-10-20)27-14-4-3-5-15-27;/h9-12,19,25H,3-8,13-18H2,1-2H3,(H,23,24);1H. The molecule has 2 N–H and O–H groups in total. The molecule has 0 spiro atoms. The first kappa shape index (κ1) is 26.2. The zero-order chi connectivity index (χ0) is 21.4. The monoisotopic (exact) mass is 563 g/mol. The second-order valence-corrected chi connectivity index (χ2v) is 10.4. The Morgan fingerprint density at radius 1 is 1.13 bits per heavy atom. The number of benzene rings is 1. The molecule has 1 aromatic carbocycles. The van der Waals surface area contributed by atoms with E-state index in [4.69, 9.17) is 0 Å². The molecule has 7 nitrogen and oxygen atoms in total. The van der Waals surface area contributed by atoms with Crippen LogP contribution in [0.15, 0.2) is 29.3 Å². The molecule has 3 rings (SSSR count). The number of nitrogens with one attached hydrogen (secondary N) is 2. The van der Waals surface area contributed by atoms with Crippen LogP contribution in [-0.4, -0.2) is 65.3 Å². The van der Waals surface area contributed by atoms with Crippen LogP contribution < -0.4 is 14.9 Å². The molecule has 1 heterocycles. The first-order chi connectivity index (χ1) is 14.5. The fourth-order valence-electron chi connectivity index (χ4n) is 4.01. The molecule has 2 fully saturated rings. The number of aliphatic imine (C=N–C) groups is 1. The molecule has 0 radical (unpaired) electrons. The van der Waals surface area contributed by atoms with Gasteiger partial charge in [-0.1, -0.05) is 18.6 Å². The summed E-state index contributed by atoms with van der Waals surface area (Å²) in [6, 6.07) is 8.74. The van der Waals surface area contributed by atoms with Gasteiger partial charge in [0.15, 0.2) is 5.96 Å². The van der Waals surface area contributed by atoms with Crippen molar-refractivity contribution in [3.8, 4) is 0 Å². The van der Waals surface area contributed by atoms with Gasteiger partial charge in [-0.25, -0.2) is 13.1 Å². The molecule has 0 unspecified atom stereocenters. The molecule has 176 valence electrons. The van der Waals surface area contributed by atoms with E-state index in [1.165, 1.54) is 36.9 Å². The molecule has 0 bridgehead atoms. The van der Waals surface area contributed by atoms with Crippen LogP contribution in [0, 0.1) is 5.92 Å². The van der Waals surface area contributed by atoms with E-state index in [2.05, 4.69) is 44.2 Å². The molecule has 1 saturated heterocycles. The van der Waals surface area contributed by atoms with Crippen molar-refractivity contribution in [1.82, 2.24) is 14.9 Å². The normalized spacial score (nSPS) is 17.6. The number of anilines is 1. The van der Waals surface area contributed by atoms with Crippen LogP contribution in [0.5, 0.6) is 0 Å². The average molecular weight is 564 g/mol. The van der Waals surface area contributed by atoms with Crippen LogP contribution in [0.3, 0.4) is 0 Å². The average Bonchev–Trinajstić information content (AvgIpc) is 2.71. The summed E-state index contributed by atoms with van der Waals surface area (Å²) < 4.78 is 27.0. The Balaban J connectivity index is 0.00000341. The highest BCUT2D eigenvalue weighted by Gasteiger charge is 2.20. The van der Waals surface area contributed by atoms with E-state index >= 15 is 0 Å². The fraction of sp³-hybridized carbons (Fsp3) is 0.682. The van der Waals surface area contributed by atoms with Gasteiger partial charge in [0.1, 0.15) is 0 Å². The minimum Gasteiger partial charge on any atom is -0.372 e. The van der Waals surface area contributed by atoms with Gasteiger partial charge in [-0.15, -0.1) is 24.0 Å². The van der Waals surface area contributed by atoms with Crippen molar-refractivity contribution in [2.75, 3.05) is 50.9 Å². The summed E-state index contributed by atoms with van der Waals surface area (Å²) in [7, 11) is 0.446. The molecule has 1 aliphatic heterocycles. The lowest BCUT2D eigenvalue weighted by Gasteiger charge is -2.29. The molecule has 0 aromatic heterocycles. The van der Waals surface area contributed by atoms with Gasteiger partial charge in [-0.05, 0) is 55.7 Å². The van der Waals surface area contributed by atoms with Crippen molar-refractivity contribution in [1.29, 1.82) is 0 Å². The van der Waals surface area contributed by atoms with Crippen molar-refractivity contribution in [2.45, 2.75) is 45.1 Å². The third-order valence-corrected chi connectivity index (χ3v) is 7.47. The second kappa shape index (κ2) is 12.8.